The Morgan fingerprint density at radius 1 is 1.09 bits per heavy atom. The first-order chi connectivity index (χ1) is 16.1. The number of amides is 2. The zero-order chi connectivity index (χ0) is 24.9. The van der Waals surface area contributed by atoms with Crippen molar-refractivity contribution < 1.29 is 18.0 Å². The van der Waals surface area contributed by atoms with E-state index in [4.69, 9.17) is 0 Å². The van der Waals surface area contributed by atoms with Crippen molar-refractivity contribution in [2.24, 2.45) is 0 Å². The van der Waals surface area contributed by atoms with Crippen LogP contribution in [0.15, 0.2) is 48.5 Å². The molecular formula is C25H32IN3O4S. The smallest absolute Gasteiger partial charge is 0.244 e. The largest absolute Gasteiger partial charge is 0.352 e. The zero-order valence-electron chi connectivity index (χ0n) is 19.8. The maximum Gasteiger partial charge on any atom is 0.244 e. The van der Waals surface area contributed by atoms with Crippen molar-refractivity contribution >= 4 is 50.1 Å². The molecule has 2 aromatic carbocycles. The van der Waals surface area contributed by atoms with Gasteiger partial charge in [0, 0.05) is 16.2 Å². The molecule has 9 heteroatoms. The molecule has 0 heterocycles. The molecule has 3 rings (SSSR count). The molecule has 7 nitrogen and oxygen atoms in total. The minimum atomic E-state index is -3.72. The molecule has 1 aliphatic carbocycles. The average molecular weight is 598 g/mol. The van der Waals surface area contributed by atoms with Gasteiger partial charge in [-0.05, 0) is 84.7 Å². The number of carbonyl (C=O) groups is 2. The number of aryl methyl sites for hydroxylation is 1. The summed E-state index contributed by atoms with van der Waals surface area (Å²) < 4.78 is 27.2. The minimum Gasteiger partial charge on any atom is -0.352 e. The second-order valence-electron chi connectivity index (χ2n) is 8.86. The van der Waals surface area contributed by atoms with E-state index in [0.717, 1.165) is 50.9 Å². The standard InChI is InChI=1S/C25H32IN3O4S/c1-18-8-4-5-9-20(18)16-28(19(2)25(31)27-22-10-6-7-11-22)24(30)17-29(34(3,32)33)23-14-12-21(26)13-15-23/h4-5,8-9,12-15,19,22H,6-7,10-11,16-17H2,1-3H3,(H,27,31)/t19-/m1/s1. The number of hydrogen-bond donors (Lipinski definition) is 1. The fourth-order valence-corrected chi connectivity index (χ4v) is 5.38. The topological polar surface area (TPSA) is 86.8 Å². The monoisotopic (exact) mass is 597 g/mol. The Labute approximate surface area is 216 Å². The van der Waals surface area contributed by atoms with E-state index >= 15 is 0 Å². The van der Waals surface area contributed by atoms with Crippen LogP contribution in [0.1, 0.15) is 43.7 Å². The number of carbonyl (C=O) groups excluding carboxylic acids is 2. The molecule has 2 amide bonds. The molecule has 184 valence electrons. The minimum absolute atomic E-state index is 0.129. The number of nitrogens with zero attached hydrogens (tertiary/aromatic N) is 2. The number of benzene rings is 2. The molecule has 1 atom stereocenters. The van der Waals surface area contributed by atoms with Gasteiger partial charge >= 0.3 is 0 Å². The Morgan fingerprint density at radius 2 is 1.71 bits per heavy atom. The molecule has 1 aliphatic rings. The number of anilines is 1. The third kappa shape index (κ3) is 6.94. The van der Waals surface area contributed by atoms with Gasteiger partial charge in [-0.25, -0.2) is 8.42 Å². The summed E-state index contributed by atoms with van der Waals surface area (Å²) in [6, 6.07) is 14.0. The van der Waals surface area contributed by atoms with Crippen LogP contribution in [0.3, 0.4) is 0 Å². The maximum absolute atomic E-state index is 13.6. The van der Waals surface area contributed by atoms with Crippen molar-refractivity contribution in [2.45, 2.75) is 58.2 Å². The summed E-state index contributed by atoms with van der Waals surface area (Å²) >= 11 is 2.14. The van der Waals surface area contributed by atoms with Gasteiger partial charge in [0.05, 0.1) is 11.9 Å². The molecule has 1 saturated carbocycles. The molecule has 0 unspecified atom stereocenters. The molecule has 2 aromatic rings. The van der Waals surface area contributed by atoms with Crippen LogP contribution in [0.25, 0.3) is 0 Å². The molecule has 0 aromatic heterocycles. The Morgan fingerprint density at radius 3 is 2.29 bits per heavy atom. The SMILES string of the molecule is Cc1ccccc1CN(C(=O)CN(c1ccc(I)cc1)S(C)(=O)=O)[C@H](C)C(=O)NC1CCCC1. The van der Waals surface area contributed by atoms with E-state index in [1.165, 1.54) is 4.90 Å². The van der Waals surface area contributed by atoms with Crippen LogP contribution in [-0.2, 0) is 26.2 Å². The van der Waals surface area contributed by atoms with E-state index in [9.17, 15) is 18.0 Å². The van der Waals surface area contributed by atoms with Crippen molar-refractivity contribution in [3.05, 3.63) is 63.2 Å². The van der Waals surface area contributed by atoms with Gasteiger partial charge in [-0.2, -0.15) is 0 Å². The van der Waals surface area contributed by atoms with Crippen LogP contribution in [-0.4, -0.2) is 50.0 Å². The van der Waals surface area contributed by atoms with Crippen molar-refractivity contribution in [2.75, 3.05) is 17.1 Å². The van der Waals surface area contributed by atoms with Gasteiger partial charge in [0.2, 0.25) is 21.8 Å². The number of sulfonamides is 1. The molecule has 0 spiro atoms. The average Bonchev–Trinajstić information content (AvgIpc) is 3.29. The van der Waals surface area contributed by atoms with Crippen LogP contribution in [0.2, 0.25) is 0 Å². The summed E-state index contributed by atoms with van der Waals surface area (Å²) in [6.07, 6.45) is 5.15. The molecule has 0 radical (unpaired) electrons. The van der Waals surface area contributed by atoms with Gasteiger partial charge in [-0.1, -0.05) is 37.1 Å². The van der Waals surface area contributed by atoms with Gasteiger partial charge in [0.1, 0.15) is 12.6 Å². The van der Waals surface area contributed by atoms with E-state index in [1.54, 1.807) is 31.2 Å². The van der Waals surface area contributed by atoms with Gasteiger partial charge in [-0.3, -0.25) is 13.9 Å². The Balaban J connectivity index is 1.88. The van der Waals surface area contributed by atoms with Gasteiger partial charge in [0.15, 0.2) is 0 Å². The Bertz CT molecular complexity index is 1120. The molecule has 1 fully saturated rings. The lowest BCUT2D eigenvalue weighted by atomic mass is 10.1. The fraction of sp³-hybridized carbons (Fsp3) is 0.440. The summed E-state index contributed by atoms with van der Waals surface area (Å²) in [4.78, 5) is 28.1. The lowest BCUT2D eigenvalue weighted by Gasteiger charge is -2.32. The van der Waals surface area contributed by atoms with Crippen molar-refractivity contribution in [3.8, 4) is 0 Å². The summed E-state index contributed by atoms with van der Waals surface area (Å²) in [7, 11) is -3.72. The van der Waals surface area contributed by atoms with Gasteiger partial charge < -0.3 is 10.2 Å². The highest BCUT2D eigenvalue weighted by Crippen LogP contribution is 2.22. The maximum atomic E-state index is 13.6. The fourth-order valence-electron chi connectivity index (χ4n) is 4.17. The first-order valence-corrected chi connectivity index (χ1v) is 14.4. The normalized spacial score (nSPS) is 15.1. The van der Waals surface area contributed by atoms with E-state index < -0.39 is 22.0 Å². The lowest BCUT2D eigenvalue weighted by molar-refractivity contribution is -0.139. The van der Waals surface area contributed by atoms with E-state index in [1.807, 2.05) is 31.2 Å². The number of nitrogens with one attached hydrogen (secondary N) is 1. The highest BCUT2D eigenvalue weighted by molar-refractivity contribution is 14.1. The number of halogens is 1. The lowest BCUT2D eigenvalue weighted by Crippen LogP contribution is -2.52. The van der Waals surface area contributed by atoms with Gasteiger partial charge in [-0.15, -0.1) is 0 Å². The van der Waals surface area contributed by atoms with Crippen LogP contribution >= 0.6 is 22.6 Å². The highest BCUT2D eigenvalue weighted by Gasteiger charge is 2.31. The molecule has 0 bridgehead atoms. The molecule has 1 N–H and O–H groups in total. The molecule has 0 aliphatic heterocycles. The van der Waals surface area contributed by atoms with Crippen molar-refractivity contribution in [3.63, 3.8) is 0 Å². The van der Waals surface area contributed by atoms with E-state index in [2.05, 4.69) is 27.9 Å². The van der Waals surface area contributed by atoms with Crippen LogP contribution in [0, 0.1) is 10.5 Å². The second-order valence-corrected chi connectivity index (χ2v) is 12.0. The number of hydrogen-bond acceptors (Lipinski definition) is 4. The second kappa shape index (κ2) is 11.5. The summed E-state index contributed by atoms with van der Waals surface area (Å²) in [5.74, 6) is -0.643. The Kier molecular flexibility index (Phi) is 8.97. The van der Waals surface area contributed by atoms with Crippen LogP contribution in [0.5, 0.6) is 0 Å². The summed E-state index contributed by atoms with van der Waals surface area (Å²) in [5, 5.41) is 3.07. The van der Waals surface area contributed by atoms with E-state index in [0.29, 0.717) is 5.69 Å². The predicted octanol–water partition coefficient (Wildman–Crippen LogP) is 3.84. The first kappa shape index (κ1) is 26.5. The highest BCUT2D eigenvalue weighted by atomic mass is 127. The quantitative estimate of drug-likeness (QED) is 0.446. The van der Waals surface area contributed by atoms with Crippen molar-refractivity contribution in [1.29, 1.82) is 0 Å². The van der Waals surface area contributed by atoms with Crippen LogP contribution < -0.4 is 9.62 Å². The van der Waals surface area contributed by atoms with Crippen LogP contribution in [0.4, 0.5) is 5.69 Å². The first-order valence-electron chi connectivity index (χ1n) is 11.4. The zero-order valence-corrected chi connectivity index (χ0v) is 22.8. The summed E-state index contributed by atoms with van der Waals surface area (Å²) in [5.41, 5.74) is 2.33. The molecule has 34 heavy (non-hydrogen) atoms. The van der Waals surface area contributed by atoms with E-state index in [-0.39, 0.29) is 25.0 Å². The summed E-state index contributed by atoms with van der Waals surface area (Å²) in [6.45, 7) is 3.49. The third-order valence-electron chi connectivity index (χ3n) is 6.26. The van der Waals surface area contributed by atoms with Gasteiger partial charge in [0.25, 0.3) is 0 Å². The molecule has 0 saturated heterocycles. The van der Waals surface area contributed by atoms with Crippen molar-refractivity contribution in [1.82, 2.24) is 10.2 Å². The predicted molar refractivity (Wildman–Crippen MR) is 143 cm³/mol. The Hall–Kier alpha value is -2.14. The molecular weight excluding hydrogens is 565 g/mol. The third-order valence-corrected chi connectivity index (χ3v) is 8.12. The number of rotatable bonds is 9.